The Kier molecular flexibility index (Phi) is 17.9. The quantitative estimate of drug-likeness (QED) is 0.348. The molecule has 2 nitrogen and oxygen atoms in total. The summed E-state index contributed by atoms with van der Waals surface area (Å²) in [7, 11) is 0. The fraction of sp³-hybridized carbons (Fsp3) is 1.00. The zero-order chi connectivity index (χ0) is 15.6. The molecule has 1 unspecified atom stereocenters. The lowest BCUT2D eigenvalue weighted by molar-refractivity contribution is 0.119. The molecule has 0 rings (SSSR count). The predicted octanol–water partition coefficient (Wildman–Crippen LogP) is 5.70. The van der Waals surface area contributed by atoms with Crippen molar-refractivity contribution in [1.29, 1.82) is 0 Å². The van der Waals surface area contributed by atoms with E-state index in [1.807, 2.05) is 0 Å². The van der Waals surface area contributed by atoms with E-state index in [-0.39, 0.29) is 0 Å². The number of nitrogens with one attached hydrogen (secondary N) is 1. The largest absolute Gasteiger partial charge is 0.380 e. The van der Waals surface area contributed by atoms with Crippen molar-refractivity contribution in [3.8, 4) is 0 Å². The third kappa shape index (κ3) is 16.1. The molecule has 2 heteroatoms. The van der Waals surface area contributed by atoms with Crippen LogP contribution < -0.4 is 5.32 Å². The van der Waals surface area contributed by atoms with E-state index in [4.69, 9.17) is 4.74 Å². The topological polar surface area (TPSA) is 21.3 Å². The highest BCUT2D eigenvalue weighted by Gasteiger charge is 2.06. The van der Waals surface area contributed by atoms with E-state index in [2.05, 4.69) is 26.1 Å². The molecular weight excluding hydrogens is 258 g/mol. The van der Waals surface area contributed by atoms with Crippen LogP contribution in [-0.4, -0.2) is 25.8 Å². The van der Waals surface area contributed by atoms with Crippen LogP contribution >= 0.6 is 0 Å². The lowest BCUT2D eigenvalue weighted by Gasteiger charge is -2.18. The summed E-state index contributed by atoms with van der Waals surface area (Å²) in [5.41, 5.74) is 0. The molecule has 0 aliphatic heterocycles. The molecule has 0 aromatic rings. The highest BCUT2D eigenvalue weighted by atomic mass is 16.5. The molecule has 0 fully saturated rings. The molecule has 1 atom stereocenters. The van der Waals surface area contributed by atoms with Gasteiger partial charge in [-0.3, -0.25) is 0 Å². The molecule has 0 heterocycles. The van der Waals surface area contributed by atoms with Gasteiger partial charge in [0.1, 0.15) is 0 Å². The fourth-order valence-corrected chi connectivity index (χ4v) is 2.73. The van der Waals surface area contributed by atoms with Gasteiger partial charge in [-0.2, -0.15) is 0 Å². The van der Waals surface area contributed by atoms with E-state index in [1.54, 1.807) is 0 Å². The van der Waals surface area contributed by atoms with Gasteiger partial charge < -0.3 is 10.1 Å². The molecule has 21 heavy (non-hydrogen) atoms. The smallest absolute Gasteiger partial charge is 0.0619 e. The van der Waals surface area contributed by atoms with Crippen LogP contribution in [0.2, 0.25) is 0 Å². The molecular formula is C19H41NO. The average molecular weight is 300 g/mol. The van der Waals surface area contributed by atoms with Gasteiger partial charge >= 0.3 is 0 Å². The summed E-state index contributed by atoms with van der Waals surface area (Å²) in [6.07, 6.45) is 16.6. The molecule has 0 spiro atoms. The van der Waals surface area contributed by atoms with Gasteiger partial charge in [0.05, 0.1) is 6.61 Å². The van der Waals surface area contributed by atoms with E-state index >= 15 is 0 Å². The summed E-state index contributed by atoms with van der Waals surface area (Å²) in [6, 6.07) is 0.568. The third-order valence-electron chi connectivity index (χ3n) is 4.11. The molecule has 0 radical (unpaired) electrons. The summed E-state index contributed by atoms with van der Waals surface area (Å²) in [4.78, 5) is 0. The van der Waals surface area contributed by atoms with Crippen molar-refractivity contribution in [3.05, 3.63) is 0 Å². The maximum Gasteiger partial charge on any atom is 0.0619 e. The summed E-state index contributed by atoms with van der Waals surface area (Å²) in [6.45, 7) is 9.43. The molecule has 0 aromatic heterocycles. The van der Waals surface area contributed by atoms with Crippen molar-refractivity contribution in [1.82, 2.24) is 5.32 Å². The number of rotatable bonds is 17. The SMILES string of the molecule is CCCCCCCCCCCCC(COCC)NCCC. The van der Waals surface area contributed by atoms with Gasteiger partial charge in [-0.05, 0) is 26.3 Å². The first kappa shape index (κ1) is 20.9. The molecule has 128 valence electrons. The zero-order valence-corrected chi connectivity index (χ0v) is 15.1. The number of hydrogen-bond donors (Lipinski definition) is 1. The van der Waals surface area contributed by atoms with E-state index in [1.165, 1.54) is 77.0 Å². The van der Waals surface area contributed by atoms with Crippen molar-refractivity contribution < 1.29 is 4.74 Å². The molecule has 0 aliphatic rings. The lowest BCUT2D eigenvalue weighted by Crippen LogP contribution is -2.34. The van der Waals surface area contributed by atoms with Crippen LogP contribution in [0.5, 0.6) is 0 Å². The Morgan fingerprint density at radius 3 is 1.81 bits per heavy atom. The van der Waals surface area contributed by atoms with Crippen LogP contribution in [0.15, 0.2) is 0 Å². The van der Waals surface area contributed by atoms with E-state index < -0.39 is 0 Å². The van der Waals surface area contributed by atoms with Crippen LogP contribution in [-0.2, 0) is 4.74 Å². The van der Waals surface area contributed by atoms with E-state index in [9.17, 15) is 0 Å². The summed E-state index contributed by atoms with van der Waals surface area (Å²) in [5, 5.41) is 3.61. The van der Waals surface area contributed by atoms with Crippen molar-refractivity contribution in [3.63, 3.8) is 0 Å². The van der Waals surface area contributed by atoms with Crippen LogP contribution in [0.3, 0.4) is 0 Å². The Hall–Kier alpha value is -0.0800. The minimum atomic E-state index is 0.568. The minimum Gasteiger partial charge on any atom is -0.380 e. The van der Waals surface area contributed by atoms with Gasteiger partial charge in [-0.25, -0.2) is 0 Å². The van der Waals surface area contributed by atoms with Gasteiger partial charge in [-0.15, -0.1) is 0 Å². The molecule has 0 saturated heterocycles. The van der Waals surface area contributed by atoms with Crippen molar-refractivity contribution in [2.75, 3.05) is 19.8 Å². The van der Waals surface area contributed by atoms with Crippen molar-refractivity contribution in [2.45, 2.75) is 104 Å². The highest BCUT2D eigenvalue weighted by molar-refractivity contribution is 4.66. The second-order valence-electron chi connectivity index (χ2n) is 6.28. The molecule has 0 saturated carbocycles. The molecule has 0 amide bonds. The second-order valence-corrected chi connectivity index (χ2v) is 6.28. The monoisotopic (exact) mass is 299 g/mol. The normalized spacial score (nSPS) is 12.7. The lowest BCUT2D eigenvalue weighted by atomic mass is 10.0. The Bertz CT molecular complexity index is 176. The molecule has 0 aromatic carbocycles. The maximum atomic E-state index is 5.57. The molecule has 1 N–H and O–H groups in total. The average Bonchev–Trinajstić information content (AvgIpc) is 2.51. The molecule has 0 aliphatic carbocycles. The van der Waals surface area contributed by atoms with Crippen molar-refractivity contribution in [2.24, 2.45) is 0 Å². The Morgan fingerprint density at radius 1 is 0.714 bits per heavy atom. The van der Waals surface area contributed by atoms with Crippen LogP contribution in [0.1, 0.15) is 97.8 Å². The van der Waals surface area contributed by atoms with Crippen LogP contribution in [0.25, 0.3) is 0 Å². The highest BCUT2D eigenvalue weighted by Crippen LogP contribution is 2.12. The first-order valence-electron chi connectivity index (χ1n) is 9.66. The molecule has 0 bridgehead atoms. The number of ether oxygens (including phenoxy) is 1. The fourth-order valence-electron chi connectivity index (χ4n) is 2.73. The van der Waals surface area contributed by atoms with Gasteiger partial charge in [-0.1, -0.05) is 78.1 Å². The first-order chi connectivity index (χ1) is 10.3. The van der Waals surface area contributed by atoms with Crippen molar-refractivity contribution >= 4 is 0 Å². The van der Waals surface area contributed by atoms with Gasteiger partial charge in [0.15, 0.2) is 0 Å². The maximum absolute atomic E-state index is 5.57. The number of unbranched alkanes of at least 4 members (excludes halogenated alkanes) is 9. The van der Waals surface area contributed by atoms with Gasteiger partial charge in [0.2, 0.25) is 0 Å². The Balaban J connectivity index is 3.35. The Labute approximate surface area is 134 Å². The minimum absolute atomic E-state index is 0.568. The standard InChI is InChI=1S/C19H41NO/c1-4-7-8-9-10-11-12-13-14-15-16-19(18-21-6-3)20-17-5-2/h19-20H,4-18H2,1-3H3. The third-order valence-corrected chi connectivity index (χ3v) is 4.11. The number of hydrogen-bond acceptors (Lipinski definition) is 2. The summed E-state index contributed by atoms with van der Waals surface area (Å²) in [5.74, 6) is 0. The van der Waals surface area contributed by atoms with E-state index in [0.29, 0.717) is 6.04 Å². The Morgan fingerprint density at radius 2 is 1.29 bits per heavy atom. The van der Waals surface area contributed by atoms with Gasteiger partial charge in [0, 0.05) is 12.6 Å². The van der Waals surface area contributed by atoms with E-state index in [0.717, 1.165) is 19.8 Å². The van der Waals surface area contributed by atoms with Gasteiger partial charge in [0.25, 0.3) is 0 Å². The summed E-state index contributed by atoms with van der Waals surface area (Å²) < 4.78 is 5.57. The predicted molar refractivity (Wildman–Crippen MR) is 95.0 cm³/mol. The van der Waals surface area contributed by atoms with Crippen LogP contribution in [0.4, 0.5) is 0 Å². The zero-order valence-electron chi connectivity index (χ0n) is 15.1. The van der Waals surface area contributed by atoms with Crippen LogP contribution in [0, 0.1) is 0 Å². The first-order valence-corrected chi connectivity index (χ1v) is 9.66. The summed E-state index contributed by atoms with van der Waals surface area (Å²) >= 11 is 0. The second kappa shape index (κ2) is 18.0.